The third kappa shape index (κ3) is 5.43. The fourth-order valence-electron chi connectivity index (χ4n) is 6.55. The lowest BCUT2D eigenvalue weighted by Crippen LogP contribution is -2.34. The Morgan fingerprint density at radius 1 is 1.00 bits per heavy atom. The number of amides is 1. The molecule has 0 spiro atoms. The number of aliphatic hydroxyl groups is 1. The third-order valence-corrected chi connectivity index (χ3v) is 11.3. The van der Waals surface area contributed by atoms with Gasteiger partial charge in [-0.15, -0.1) is 11.3 Å². The highest BCUT2D eigenvalue weighted by molar-refractivity contribution is 8.30. The number of aromatic nitrogens is 1. The number of carbonyl (C=O) groups excluding carboxylic acids is 2. The number of benzene rings is 3. The molecule has 2 atom stereocenters. The number of fused-ring (bicyclic) bond motifs is 3. The van der Waals surface area contributed by atoms with Crippen LogP contribution in [0.1, 0.15) is 47.4 Å². The van der Waals surface area contributed by atoms with Crippen LogP contribution in [0, 0.1) is 0 Å². The number of ether oxygens (including phenoxy) is 1. The monoisotopic (exact) mass is 655 g/mol. The van der Waals surface area contributed by atoms with Crippen LogP contribution >= 0.6 is 35.3 Å². The zero-order chi connectivity index (χ0) is 31.1. The SMILES string of the molecule is O=COCn1c(=O)/c(=C\c2ccc3c(c2)C2CCCC2N3c2ccc(CO)cc2)s/c1=C1/SC(=S)N(Cc2ccccc2)C1=O. The maximum absolute atomic E-state index is 13.7. The van der Waals surface area contributed by atoms with Gasteiger partial charge in [0.25, 0.3) is 17.9 Å². The predicted octanol–water partition coefficient (Wildman–Crippen LogP) is 4.32. The van der Waals surface area contributed by atoms with Crippen LogP contribution in [0.5, 0.6) is 0 Å². The van der Waals surface area contributed by atoms with Crippen molar-refractivity contribution in [1.82, 2.24) is 9.47 Å². The van der Waals surface area contributed by atoms with E-state index in [0.717, 1.165) is 59.1 Å². The van der Waals surface area contributed by atoms with E-state index in [2.05, 4.69) is 29.2 Å². The van der Waals surface area contributed by atoms with Crippen molar-refractivity contribution in [3.63, 3.8) is 0 Å². The van der Waals surface area contributed by atoms with Crippen molar-refractivity contribution in [3.05, 3.63) is 115 Å². The summed E-state index contributed by atoms with van der Waals surface area (Å²) in [5.74, 6) is 0.112. The number of hydrogen-bond acceptors (Lipinski definition) is 9. The van der Waals surface area contributed by atoms with Crippen molar-refractivity contribution in [1.29, 1.82) is 0 Å². The van der Waals surface area contributed by atoms with Crippen molar-refractivity contribution in [2.75, 3.05) is 4.90 Å². The van der Waals surface area contributed by atoms with Gasteiger partial charge in [-0.3, -0.25) is 23.9 Å². The molecule has 3 aliphatic rings. The molecule has 7 rings (SSSR count). The molecule has 1 aromatic heterocycles. The number of thioether (sulfide) groups is 1. The summed E-state index contributed by atoms with van der Waals surface area (Å²) in [4.78, 5) is 42.6. The number of thiocarbonyl (C=S) groups is 1. The fourth-order valence-corrected chi connectivity index (χ4v) is 9.05. The molecule has 4 aromatic rings. The van der Waals surface area contributed by atoms with Crippen LogP contribution in [0.3, 0.4) is 0 Å². The first-order valence-corrected chi connectivity index (χ1v) is 16.7. The number of carbonyl (C=O) groups is 2. The highest BCUT2D eigenvalue weighted by Gasteiger charge is 2.42. The average molecular weight is 656 g/mol. The van der Waals surface area contributed by atoms with E-state index in [1.54, 1.807) is 0 Å². The number of thiazole rings is 1. The number of rotatable bonds is 8. The van der Waals surface area contributed by atoms with Crippen molar-refractivity contribution in [3.8, 4) is 0 Å². The topological polar surface area (TPSA) is 92.1 Å². The standard InChI is InChI=1S/C34H29N3O5S3/c38-18-22-9-12-24(13-10-22)37-27-8-4-7-25(27)26-15-23(11-14-28(26)37)16-29-31(40)36(19-42-20-39)33(44-29)30-32(41)35(34(43)45-30)17-21-5-2-1-3-6-21/h1-3,5-6,9-16,20,25,27,38H,4,7-8,17-19H2/b29-16+,33-30+. The quantitative estimate of drug-likeness (QED) is 0.222. The van der Waals surface area contributed by atoms with E-state index in [9.17, 15) is 19.5 Å². The van der Waals surface area contributed by atoms with Crippen LogP contribution in [0.4, 0.5) is 11.4 Å². The van der Waals surface area contributed by atoms with E-state index in [4.69, 9.17) is 17.0 Å². The molecular formula is C34H29N3O5S3. The first-order chi connectivity index (χ1) is 22.0. The minimum absolute atomic E-state index is 0.0141. The van der Waals surface area contributed by atoms with Gasteiger partial charge >= 0.3 is 0 Å². The van der Waals surface area contributed by atoms with Gasteiger partial charge in [0.15, 0.2) is 6.73 Å². The molecule has 1 N–H and O–H groups in total. The number of nitrogens with zero attached hydrogens (tertiary/aromatic N) is 3. The second-order valence-corrected chi connectivity index (χ2v) is 13.9. The highest BCUT2D eigenvalue weighted by atomic mass is 32.2. The molecule has 8 nitrogen and oxygen atoms in total. The fraction of sp³-hybridized carbons (Fsp3) is 0.235. The van der Waals surface area contributed by atoms with Crippen molar-refractivity contribution in [2.45, 2.75) is 51.1 Å². The first kappa shape index (κ1) is 29.7. The van der Waals surface area contributed by atoms with Gasteiger partial charge in [0.1, 0.15) is 13.9 Å². The summed E-state index contributed by atoms with van der Waals surface area (Å²) in [6.07, 6.45) is 5.20. The molecular weight excluding hydrogens is 627 g/mol. The number of anilines is 2. The molecule has 11 heteroatoms. The Balaban J connectivity index is 1.28. The van der Waals surface area contributed by atoms with Gasteiger partial charge in [-0.1, -0.05) is 78.9 Å². The zero-order valence-electron chi connectivity index (χ0n) is 24.1. The van der Waals surface area contributed by atoms with Gasteiger partial charge in [-0.05, 0) is 65.4 Å². The second kappa shape index (κ2) is 12.4. The minimum Gasteiger partial charge on any atom is -0.446 e. The Kier molecular flexibility index (Phi) is 8.17. The van der Waals surface area contributed by atoms with Gasteiger partial charge in [-0.25, -0.2) is 0 Å². The number of hydrogen-bond donors (Lipinski definition) is 1. The molecule has 2 fully saturated rings. The van der Waals surface area contributed by atoms with E-state index < -0.39 is 0 Å². The Bertz CT molecular complexity index is 1990. The molecule has 1 saturated carbocycles. The second-order valence-electron chi connectivity index (χ2n) is 11.2. The molecule has 1 saturated heterocycles. The molecule has 3 aromatic carbocycles. The summed E-state index contributed by atoms with van der Waals surface area (Å²) in [6.45, 7) is 0.330. The van der Waals surface area contributed by atoms with Crippen LogP contribution in [-0.4, -0.2) is 37.3 Å². The normalized spacial score (nSPS) is 20.6. The van der Waals surface area contributed by atoms with E-state index in [0.29, 0.717) is 43.4 Å². The summed E-state index contributed by atoms with van der Waals surface area (Å²) in [6, 6.07) is 24.3. The maximum Gasteiger partial charge on any atom is 0.294 e. The highest BCUT2D eigenvalue weighted by Crippen LogP contribution is 2.52. The molecule has 1 aliphatic carbocycles. The summed E-state index contributed by atoms with van der Waals surface area (Å²) in [7, 11) is 0. The van der Waals surface area contributed by atoms with Gasteiger partial charge in [0, 0.05) is 23.3 Å². The molecule has 3 heterocycles. The van der Waals surface area contributed by atoms with E-state index in [1.165, 1.54) is 26.4 Å². The van der Waals surface area contributed by atoms with Gasteiger partial charge in [0.2, 0.25) is 0 Å². The van der Waals surface area contributed by atoms with E-state index in [-0.39, 0.29) is 24.8 Å². The van der Waals surface area contributed by atoms with E-state index in [1.807, 2.05) is 54.6 Å². The lowest BCUT2D eigenvalue weighted by molar-refractivity contribution is -0.132. The Hall–Kier alpha value is -4.03. The van der Waals surface area contributed by atoms with Crippen molar-refractivity contribution >= 4 is 74.4 Å². The molecule has 45 heavy (non-hydrogen) atoms. The Morgan fingerprint density at radius 3 is 2.56 bits per heavy atom. The predicted molar refractivity (Wildman–Crippen MR) is 180 cm³/mol. The molecule has 2 aliphatic heterocycles. The lowest BCUT2D eigenvalue weighted by Gasteiger charge is -2.27. The van der Waals surface area contributed by atoms with Gasteiger partial charge in [0.05, 0.1) is 17.7 Å². The first-order valence-electron chi connectivity index (χ1n) is 14.7. The Labute approximate surface area is 272 Å². The number of aliphatic hydroxyl groups excluding tert-OH is 1. The molecule has 228 valence electrons. The van der Waals surface area contributed by atoms with Gasteiger partial charge < -0.3 is 14.7 Å². The van der Waals surface area contributed by atoms with Crippen LogP contribution < -0.4 is 19.7 Å². The molecule has 0 bridgehead atoms. The van der Waals surface area contributed by atoms with Crippen LogP contribution in [0.2, 0.25) is 0 Å². The summed E-state index contributed by atoms with van der Waals surface area (Å²) in [5, 5.41) is 9.50. The van der Waals surface area contributed by atoms with Crippen molar-refractivity contribution in [2.24, 2.45) is 0 Å². The summed E-state index contributed by atoms with van der Waals surface area (Å²) < 4.78 is 7.59. The van der Waals surface area contributed by atoms with Gasteiger partial charge in [-0.2, -0.15) is 0 Å². The largest absolute Gasteiger partial charge is 0.446 e. The Morgan fingerprint density at radius 2 is 1.80 bits per heavy atom. The lowest BCUT2D eigenvalue weighted by atomic mass is 9.96. The summed E-state index contributed by atoms with van der Waals surface area (Å²) >= 11 is 7.92. The summed E-state index contributed by atoms with van der Waals surface area (Å²) in [5.41, 5.74) is 5.91. The van der Waals surface area contributed by atoms with Crippen LogP contribution in [0.15, 0.2) is 77.6 Å². The average Bonchev–Trinajstić information content (AvgIpc) is 3.80. The van der Waals surface area contributed by atoms with Crippen molar-refractivity contribution < 1.29 is 19.4 Å². The maximum atomic E-state index is 13.7. The van der Waals surface area contributed by atoms with Crippen LogP contribution in [0.25, 0.3) is 11.0 Å². The minimum atomic E-state index is -0.338. The molecule has 2 unspecified atom stereocenters. The smallest absolute Gasteiger partial charge is 0.294 e. The molecule has 1 amide bonds. The van der Waals surface area contributed by atoms with Crippen LogP contribution in [-0.2, 0) is 34.2 Å². The van der Waals surface area contributed by atoms with E-state index >= 15 is 0 Å². The molecule has 0 radical (unpaired) electrons. The third-order valence-electron chi connectivity index (χ3n) is 8.62. The zero-order valence-corrected chi connectivity index (χ0v) is 26.6.